The number of aryl methyl sites for hydroxylation is 1. The van der Waals surface area contributed by atoms with Crippen LogP contribution in [0.2, 0.25) is 0 Å². The topological polar surface area (TPSA) is 85.4 Å². The van der Waals surface area contributed by atoms with Crippen molar-refractivity contribution >= 4 is 16.9 Å². The van der Waals surface area contributed by atoms with Gasteiger partial charge < -0.3 is 15.6 Å². The number of rotatable bonds is 4. The van der Waals surface area contributed by atoms with E-state index in [1.54, 1.807) is 19.1 Å². The first-order chi connectivity index (χ1) is 9.28. The molecule has 0 bridgehead atoms. The Morgan fingerprint density at radius 3 is 2.75 bits per heavy atom. The molecule has 20 heavy (non-hydrogen) atoms. The molecule has 0 fully saturated rings. The second-order valence-corrected chi connectivity index (χ2v) is 5.53. The zero-order valence-electron chi connectivity index (χ0n) is 11.8. The molecule has 3 N–H and O–H groups in total. The van der Waals surface area contributed by atoms with Crippen molar-refractivity contribution < 1.29 is 14.6 Å². The molecule has 0 aliphatic rings. The van der Waals surface area contributed by atoms with Crippen LogP contribution in [0.25, 0.3) is 10.9 Å². The van der Waals surface area contributed by atoms with Gasteiger partial charge >= 0.3 is 5.97 Å². The molecule has 0 aliphatic heterocycles. The van der Waals surface area contributed by atoms with Gasteiger partial charge in [-0.1, -0.05) is 6.07 Å². The first-order valence-electron chi connectivity index (χ1n) is 6.33. The van der Waals surface area contributed by atoms with Crippen LogP contribution in [-0.4, -0.2) is 28.2 Å². The van der Waals surface area contributed by atoms with Crippen LogP contribution in [-0.2, 0) is 0 Å². The van der Waals surface area contributed by atoms with E-state index < -0.39 is 11.5 Å². The Hall–Kier alpha value is -2.14. The molecular weight excluding hydrogens is 256 g/mol. The van der Waals surface area contributed by atoms with Gasteiger partial charge in [0.1, 0.15) is 12.4 Å². The zero-order valence-corrected chi connectivity index (χ0v) is 11.8. The third-order valence-electron chi connectivity index (χ3n) is 2.84. The van der Waals surface area contributed by atoms with Crippen LogP contribution in [0.3, 0.4) is 0 Å². The standard InChI is InChI=1S/C15H18N2O3/c1-9-10(14(18)19)7-11-12(17-9)5-4-6-13(11)20-8-15(2,3)16/h4-7H,8,16H2,1-3H3,(H,18,19). The third-order valence-corrected chi connectivity index (χ3v) is 2.84. The van der Waals surface area contributed by atoms with Crippen molar-refractivity contribution in [3.8, 4) is 5.75 Å². The van der Waals surface area contributed by atoms with E-state index in [4.69, 9.17) is 10.5 Å². The number of ether oxygens (including phenoxy) is 1. The average molecular weight is 274 g/mol. The number of aromatic nitrogens is 1. The van der Waals surface area contributed by atoms with E-state index in [2.05, 4.69) is 4.98 Å². The summed E-state index contributed by atoms with van der Waals surface area (Å²) in [5.41, 5.74) is 6.81. The summed E-state index contributed by atoms with van der Waals surface area (Å²) in [5, 5.41) is 9.85. The molecule has 5 heteroatoms. The van der Waals surface area contributed by atoms with Crippen molar-refractivity contribution in [1.29, 1.82) is 0 Å². The molecule has 2 aromatic rings. The minimum atomic E-state index is -0.995. The summed E-state index contributed by atoms with van der Waals surface area (Å²) in [6, 6.07) is 7.04. The van der Waals surface area contributed by atoms with Gasteiger partial charge in [0.25, 0.3) is 0 Å². The highest BCUT2D eigenvalue weighted by atomic mass is 16.5. The molecular formula is C15H18N2O3. The van der Waals surface area contributed by atoms with Gasteiger partial charge in [-0.15, -0.1) is 0 Å². The largest absolute Gasteiger partial charge is 0.491 e. The lowest BCUT2D eigenvalue weighted by Crippen LogP contribution is -2.38. The molecule has 5 nitrogen and oxygen atoms in total. The molecule has 1 heterocycles. The average Bonchev–Trinajstić information content (AvgIpc) is 2.33. The maximum Gasteiger partial charge on any atom is 0.337 e. The molecule has 0 unspecified atom stereocenters. The fraction of sp³-hybridized carbons (Fsp3) is 0.333. The molecule has 0 atom stereocenters. The second-order valence-electron chi connectivity index (χ2n) is 5.53. The number of aromatic carboxylic acids is 1. The van der Waals surface area contributed by atoms with Gasteiger partial charge in [0.05, 0.1) is 16.8 Å². The van der Waals surface area contributed by atoms with Gasteiger partial charge in [-0.2, -0.15) is 0 Å². The summed E-state index contributed by atoms with van der Waals surface area (Å²) in [6.07, 6.45) is 0. The molecule has 0 radical (unpaired) electrons. The third kappa shape index (κ3) is 3.05. The number of benzene rings is 1. The monoisotopic (exact) mass is 274 g/mol. The van der Waals surface area contributed by atoms with Crippen LogP contribution in [0.1, 0.15) is 29.9 Å². The van der Waals surface area contributed by atoms with Crippen LogP contribution >= 0.6 is 0 Å². The smallest absolute Gasteiger partial charge is 0.337 e. The minimum Gasteiger partial charge on any atom is -0.491 e. The number of hydrogen-bond donors (Lipinski definition) is 2. The van der Waals surface area contributed by atoms with Gasteiger partial charge in [-0.3, -0.25) is 4.98 Å². The van der Waals surface area contributed by atoms with Gasteiger partial charge in [0.15, 0.2) is 0 Å². The van der Waals surface area contributed by atoms with Crippen LogP contribution in [0.5, 0.6) is 5.75 Å². The quantitative estimate of drug-likeness (QED) is 0.893. The van der Waals surface area contributed by atoms with E-state index in [-0.39, 0.29) is 5.56 Å². The number of nitrogens with two attached hydrogens (primary N) is 1. The van der Waals surface area contributed by atoms with Crippen LogP contribution in [0, 0.1) is 6.92 Å². The Balaban J connectivity index is 2.50. The number of carbonyl (C=O) groups is 1. The predicted molar refractivity (Wildman–Crippen MR) is 77.2 cm³/mol. The Bertz CT molecular complexity index is 660. The van der Waals surface area contributed by atoms with Crippen molar-refractivity contribution in [3.05, 3.63) is 35.5 Å². The van der Waals surface area contributed by atoms with E-state index in [9.17, 15) is 9.90 Å². The van der Waals surface area contributed by atoms with Crippen molar-refractivity contribution in [2.45, 2.75) is 26.3 Å². The lowest BCUT2D eigenvalue weighted by molar-refractivity contribution is 0.0696. The van der Waals surface area contributed by atoms with E-state index >= 15 is 0 Å². The molecule has 2 rings (SSSR count). The number of carboxylic acids is 1. The molecule has 1 aromatic carbocycles. The molecule has 0 saturated carbocycles. The molecule has 0 aliphatic carbocycles. The lowest BCUT2D eigenvalue weighted by Gasteiger charge is -2.20. The first kappa shape index (κ1) is 14.3. The van der Waals surface area contributed by atoms with Gasteiger partial charge in [0, 0.05) is 10.9 Å². The normalized spacial score (nSPS) is 11.6. The van der Waals surface area contributed by atoms with E-state index in [0.29, 0.717) is 29.0 Å². The van der Waals surface area contributed by atoms with Crippen LogP contribution in [0.15, 0.2) is 24.3 Å². The predicted octanol–water partition coefficient (Wildman–Crippen LogP) is 2.36. The number of nitrogens with zero attached hydrogens (tertiary/aromatic N) is 1. The number of pyridine rings is 1. The Labute approximate surface area is 117 Å². The molecule has 0 saturated heterocycles. The highest BCUT2D eigenvalue weighted by Gasteiger charge is 2.15. The Kier molecular flexibility index (Phi) is 3.63. The number of fused-ring (bicyclic) bond motifs is 1. The maximum atomic E-state index is 11.2. The van der Waals surface area contributed by atoms with E-state index in [0.717, 1.165) is 0 Å². The van der Waals surface area contributed by atoms with Gasteiger partial charge in [-0.25, -0.2) is 4.79 Å². The Morgan fingerprint density at radius 1 is 1.45 bits per heavy atom. The summed E-state index contributed by atoms with van der Waals surface area (Å²) < 4.78 is 5.70. The Morgan fingerprint density at radius 2 is 2.15 bits per heavy atom. The van der Waals surface area contributed by atoms with Gasteiger partial charge in [0.2, 0.25) is 0 Å². The van der Waals surface area contributed by atoms with Gasteiger partial charge in [-0.05, 0) is 39.0 Å². The van der Waals surface area contributed by atoms with E-state index in [1.165, 1.54) is 0 Å². The van der Waals surface area contributed by atoms with Crippen molar-refractivity contribution in [3.63, 3.8) is 0 Å². The summed E-state index contributed by atoms with van der Waals surface area (Å²) in [7, 11) is 0. The fourth-order valence-electron chi connectivity index (χ4n) is 1.87. The highest BCUT2D eigenvalue weighted by Crippen LogP contribution is 2.27. The van der Waals surface area contributed by atoms with Crippen LogP contribution in [0.4, 0.5) is 0 Å². The summed E-state index contributed by atoms with van der Waals surface area (Å²) >= 11 is 0. The lowest BCUT2D eigenvalue weighted by atomic mass is 10.1. The maximum absolute atomic E-state index is 11.2. The van der Waals surface area contributed by atoms with Crippen molar-refractivity contribution in [1.82, 2.24) is 4.98 Å². The molecule has 106 valence electrons. The molecule has 0 amide bonds. The molecule has 0 spiro atoms. The first-order valence-corrected chi connectivity index (χ1v) is 6.33. The van der Waals surface area contributed by atoms with Crippen LogP contribution < -0.4 is 10.5 Å². The SMILES string of the molecule is Cc1nc2cccc(OCC(C)(C)N)c2cc1C(=O)O. The number of carboxylic acid groups (broad SMARTS) is 1. The summed E-state index contributed by atoms with van der Waals surface area (Å²) in [6.45, 7) is 5.74. The fourth-order valence-corrected chi connectivity index (χ4v) is 1.87. The highest BCUT2D eigenvalue weighted by molar-refractivity contribution is 5.95. The minimum absolute atomic E-state index is 0.181. The zero-order chi connectivity index (χ0) is 14.9. The number of hydrogen-bond acceptors (Lipinski definition) is 4. The molecule has 1 aromatic heterocycles. The van der Waals surface area contributed by atoms with E-state index in [1.807, 2.05) is 26.0 Å². The second kappa shape index (κ2) is 5.09. The van der Waals surface area contributed by atoms with Crippen molar-refractivity contribution in [2.24, 2.45) is 5.73 Å². The van der Waals surface area contributed by atoms with Crippen molar-refractivity contribution in [2.75, 3.05) is 6.61 Å². The summed E-state index contributed by atoms with van der Waals surface area (Å²) in [4.78, 5) is 15.5. The summed E-state index contributed by atoms with van der Waals surface area (Å²) in [5.74, 6) is -0.401.